The highest BCUT2D eigenvalue weighted by atomic mass is 31.2. The lowest BCUT2D eigenvalue weighted by Gasteiger charge is -2.19. The third kappa shape index (κ3) is 9.81. The van der Waals surface area contributed by atoms with E-state index in [1.165, 1.54) is 6.20 Å². The molecule has 1 rings (SSSR count). The fourth-order valence-corrected chi connectivity index (χ4v) is 1.44. The number of nitrogens with two attached hydrogens (primary N) is 1. The van der Waals surface area contributed by atoms with Crippen LogP contribution in [0.1, 0.15) is 10.4 Å². The summed E-state index contributed by atoms with van der Waals surface area (Å²) in [5.41, 5.74) is 5.38. The molecule has 0 aromatic carbocycles. The van der Waals surface area contributed by atoms with Crippen LogP contribution in [0, 0.1) is 0 Å². The van der Waals surface area contributed by atoms with E-state index in [0.717, 1.165) is 0 Å². The topological polar surface area (TPSA) is 200 Å². The van der Waals surface area contributed by atoms with Crippen LogP contribution in [-0.4, -0.2) is 67.2 Å². The number of aliphatic hydroxyl groups is 3. The number of amides is 1. The van der Waals surface area contributed by atoms with Gasteiger partial charge in [0.15, 0.2) is 6.29 Å². The number of aliphatic hydroxyl groups excluding tert-OH is 3. The monoisotopic (exact) mass is 352 g/mol. The Morgan fingerprint density at radius 3 is 2.35 bits per heavy atom. The number of hydrogen-bond acceptors (Lipinski definition) is 8. The number of hydrogen-bond donors (Lipinski definition) is 6. The molecule has 0 saturated heterocycles. The van der Waals surface area contributed by atoms with Gasteiger partial charge in [-0.15, -0.1) is 0 Å². The molecule has 130 valence electrons. The molecule has 0 aliphatic rings. The van der Waals surface area contributed by atoms with Crippen LogP contribution in [0.5, 0.6) is 0 Å². The molecular formula is C11H17N2O9P. The van der Waals surface area contributed by atoms with Crippen LogP contribution in [-0.2, 0) is 13.9 Å². The molecule has 0 saturated carbocycles. The molecule has 0 bridgehead atoms. The first kappa shape index (κ1) is 21.3. The Morgan fingerprint density at radius 1 is 1.39 bits per heavy atom. The summed E-state index contributed by atoms with van der Waals surface area (Å²) in [6.07, 6.45) is -2.44. The van der Waals surface area contributed by atoms with Crippen LogP contribution >= 0.6 is 7.82 Å². The van der Waals surface area contributed by atoms with E-state index >= 15 is 0 Å². The van der Waals surface area contributed by atoms with Gasteiger partial charge in [0.1, 0.15) is 18.3 Å². The van der Waals surface area contributed by atoms with Gasteiger partial charge in [-0.1, -0.05) is 0 Å². The lowest BCUT2D eigenvalue weighted by molar-refractivity contribution is -0.127. The number of aromatic nitrogens is 1. The van der Waals surface area contributed by atoms with Crippen molar-refractivity contribution in [2.24, 2.45) is 5.73 Å². The first-order valence-corrected chi connectivity index (χ1v) is 7.51. The lowest BCUT2D eigenvalue weighted by atomic mass is 10.1. The zero-order valence-electron chi connectivity index (χ0n) is 11.7. The number of phosphoric acid groups is 1. The third-order valence-electron chi connectivity index (χ3n) is 2.24. The molecule has 0 spiro atoms. The minimum Gasteiger partial charge on any atom is -0.388 e. The van der Waals surface area contributed by atoms with E-state index in [1.54, 1.807) is 18.3 Å². The summed E-state index contributed by atoms with van der Waals surface area (Å²) in [4.78, 5) is 40.4. The average Bonchev–Trinajstić information content (AvgIpc) is 2.51. The highest BCUT2D eigenvalue weighted by molar-refractivity contribution is 7.46. The highest BCUT2D eigenvalue weighted by Crippen LogP contribution is 2.35. The summed E-state index contributed by atoms with van der Waals surface area (Å²) in [5.74, 6) is -0.442. The third-order valence-corrected chi connectivity index (χ3v) is 2.73. The Kier molecular flexibility index (Phi) is 9.37. The van der Waals surface area contributed by atoms with Crippen molar-refractivity contribution in [1.29, 1.82) is 0 Å². The van der Waals surface area contributed by atoms with Crippen molar-refractivity contribution in [1.82, 2.24) is 4.98 Å². The Hall–Kier alpha value is -1.72. The molecule has 0 aliphatic heterocycles. The molecule has 23 heavy (non-hydrogen) atoms. The minimum atomic E-state index is -4.74. The van der Waals surface area contributed by atoms with Crippen molar-refractivity contribution in [3.8, 4) is 0 Å². The molecule has 3 atom stereocenters. The van der Waals surface area contributed by atoms with Gasteiger partial charge >= 0.3 is 7.82 Å². The van der Waals surface area contributed by atoms with Gasteiger partial charge in [-0.2, -0.15) is 0 Å². The molecule has 7 N–H and O–H groups in total. The number of nitrogens with zero attached hydrogens (tertiary/aromatic N) is 1. The molecule has 0 fully saturated rings. The normalized spacial score (nSPS) is 14.8. The standard InChI is InChI=1S/C6H6N2O.C5H11O8P/c7-6(9)5-2-1-3-8-4-5;6-1-3(7)5(9)4(8)2-13-14(10,11)12/h1-4H,(H2,7,9);1,3-5,7-9H,2H2,(H2,10,11,12)/t;3-,4+,5-/m.0/s1. The number of rotatable bonds is 7. The smallest absolute Gasteiger partial charge is 0.388 e. The van der Waals surface area contributed by atoms with E-state index < -0.39 is 38.6 Å². The largest absolute Gasteiger partial charge is 0.469 e. The van der Waals surface area contributed by atoms with Crippen molar-refractivity contribution in [3.63, 3.8) is 0 Å². The fourth-order valence-electron chi connectivity index (χ4n) is 1.09. The predicted octanol–water partition coefficient (Wildman–Crippen LogP) is -2.44. The molecule has 1 aromatic heterocycles. The summed E-state index contributed by atoms with van der Waals surface area (Å²) in [6.45, 7) is -0.893. The minimum absolute atomic E-state index is 0.0225. The predicted molar refractivity (Wildman–Crippen MR) is 74.8 cm³/mol. The van der Waals surface area contributed by atoms with Crippen LogP contribution in [0.15, 0.2) is 24.5 Å². The van der Waals surface area contributed by atoms with Crippen molar-refractivity contribution < 1.29 is 43.8 Å². The average molecular weight is 352 g/mol. The molecule has 0 unspecified atom stereocenters. The number of carbonyl (C=O) groups is 2. The van der Waals surface area contributed by atoms with Gasteiger partial charge in [0, 0.05) is 12.4 Å². The van der Waals surface area contributed by atoms with E-state index in [-0.39, 0.29) is 6.29 Å². The summed E-state index contributed by atoms with van der Waals surface area (Å²) < 4.78 is 14.0. The Bertz CT molecular complexity index is 536. The van der Waals surface area contributed by atoms with Crippen LogP contribution in [0.3, 0.4) is 0 Å². The maximum absolute atomic E-state index is 10.4. The van der Waals surface area contributed by atoms with Crippen molar-refractivity contribution in [3.05, 3.63) is 30.1 Å². The van der Waals surface area contributed by atoms with Crippen LogP contribution in [0.25, 0.3) is 0 Å². The van der Waals surface area contributed by atoms with Gasteiger partial charge < -0.3 is 35.6 Å². The summed E-state index contributed by atoms with van der Waals surface area (Å²) in [7, 11) is -4.74. The second kappa shape index (κ2) is 10.1. The van der Waals surface area contributed by atoms with Gasteiger partial charge in [-0.3, -0.25) is 14.3 Å². The maximum Gasteiger partial charge on any atom is 0.469 e. The van der Waals surface area contributed by atoms with Gasteiger partial charge in [0.25, 0.3) is 0 Å². The van der Waals surface area contributed by atoms with Gasteiger partial charge in [-0.25, -0.2) is 4.57 Å². The zero-order chi connectivity index (χ0) is 18.0. The highest BCUT2D eigenvalue weighted by Gasteiger charge is 2.27. The number of aldehydes is 1. The van der Waals surface area contributed by atoms with Crippen LogP contribution in [0.2, 0.25) is 0 Å². The molecule has 0 aliphatic carbocycles. The number of pyridine rings is 1. The van der Waals surface area contributed by atoms with Crippen molar-refractivity contribution in [2.75, 3.05) is 6.61 Å². The Morgan fingerprint density at radius 2 is 2.00 bits per heavy atom. The number of primary amides is 1. The van der Waals surface area contributed by atoms with Crippen molar-refractivity contribution >= 4 is 20.0 Å². The maximum atomic E-state index is 10.4. The first-order valence-electron chi connectivity index (χ1n) is 5.98. The quantitative estimate of drug-likeness (QED) is 0.226. The Balaban J connectivity index is 0.000000459. The molecule has 1 heterocycles. The van der Waals surface area contributed by atoms with Crippen LogP contribution in [0.4, 0.5) is 0 Å². The van der Waals surface area contributed by atoms with Gasteiger partial charge in [0.2, 0.25) is 5.91 Å². The van der Waals surface area contributed by atoms with E-state index in [2.05, 4.69) is 9.51 Å². The molecule has 0 radical (unpaired) electrons. The van der Waals surface area contributed by atoms with E-state index in [9.17, 15) is 14.2 Å². The summed E-state index contributed by atoms with van der Waals surface area (Å²) >= 11 is 0. The summed E-state index contributed by atoms with van der Waals surface area (Å²) in [5, 5.41) is 26.6. The lowest BCUT2D eigenvalue weighted by Crippen LogP contribution is -2.40. The fraction of sp³-hybridized carbons (Fsp3) is 0.364. The molecule has 1 aromatic rings. The van der Waals surface area contributed by atoms with E-state index in [4.69, 9.17) is 30.8 Å². The zero-order valence-corrected chi connectivity index (χ0v) is 12.6. The Labute approximate surface area is 130 Å². The van der Waals surface area contributed by atoms with Gasteiger partial charge in [0.05, 0.1) is 12.2 Å². The molecule has 12 heteroatoms. The van der Waals surface area contributed by atoms with Crippen molar-refractivity contribution in [2.45, 2.75) is 18.3 Å². The van der Waals surface area contributed by atoms with E-state index in [0.29, 0.717) is 5.56 Å². The first-order chi connectivity index (χ1) is 10.6. The number of phosphoric ester groups is 1. The number of carbonyl (C=O) groups excluding carboxylic acids is 2. The summed E-state index contributed by atoms with van der Waals surface area (Å²) in [6, 6.07) is 3.29. The second-order valence-electron chi connectivity index (χ2n) is 4.08. The SMILES string of the molecule is NC(=O)c1cccnc1.O=C[C@H](O)[C@H](O)[C@H](O)COP(=O)(O)O. The van der Waals surface area contributed by atoms with E-state index in [1.807, 2.05) is 0 Å². The van der Waals surface area contributed by atoms with Crippen LogP contribution < -0.4 is 5.73 Å². The second-order valence-corrected chi connectivity index (χ2v) is 5.32. The molecule has 11 nitrogen and oxygen atoms in total. The molecular weight excluding hydrogens is 335 g/mol. The van der Waals surface area contributed by atoms with Gasteiger partial charge in [-0.05, 0) is 12.1 Å². The molecule has 1 amide bonds.